The summed E-state index contributed by atoms with van der Waals surface area (Å²) in [5, 5.41) is 9.11. The highest BCUT2D eigenvalue weighted by Crippen LogP contribution is 2.23. The minimum absolute atomic E-state index is 0.137. The topological polar surface area (TPSA) is 73.4 Å². The number of nitrogens with zero attached hydrogens (tertiary/aromatic N) is 4. The minimum atomic E-state index is 0.137. The third-order valence-electron chi connectivity index (χ3n) is 3.85. The van der Waals surface area contributed by atoms with Crippen LogP contribution in [0.2, 0.25) is 0 Å². The Labute approximate surface area is 145 Å². The van der Waals surface area contributed by atoms with Gasteiger partial charge in [0.1, 0.15) is 6.07 Å². The molecule has 0 N–H and O–H groups in total. The SMILES string of the molecule is Cc1nc(C#N)c(N2CCN(C(=O)CSc3ccccc3)CC2)o1. The van der Waals surface area contributed by atoms with E-state index in [2.05, 4.69) is 11.1 Å². The number of amides is 1. The molecule has 1 fully saturated rings. The van der Waals surface area contributed by atoms with Crippen LogP contribution in [0.25, 0.3) is 0 Å². The van der Waals surface area contributed by atoms with Crippen LogP contribution in [0.15, 0.2) is 39.6 Å². The number of rotatable bonds is 4. The van der Waals surface area contributed by atoms with Gasteiger partial charge >= 0.3 is 0 Å². The van der Waals surface area contributed by atoms with Gasteiger partial charge in [-0.05, 0) is 12.1 Å². The van der Waals surface area contributed by atoms with Crippen molar-refractivity contribution in [2.24, 2.45) is 0 Å². The Bertz CT molecular complexity index is 746. The molecule has 24 heavy (non-hydrogen) atoms. The average molecular weight is 342 g/mol. The second-order valence-corrected chi connectivity index (χ2v) is 6.52. The molecule has 1 amide bonds. The molecule has 124 valence electrons. The van der Waals surface area contributed by atoms with Gasteiger partial charge in [0.15, 0.2) is 5.89 Å². The molecule has 1 aromatic carbocycles. The summed E-state index contributed by atoms with van der Waals surface area (Å²) in [6.07, 6.45) is 0. The van der Waals surface area contributed by atoms with Crippen molar-refractivity contribution in [3.63, 3.8) is 0 Å². The summed E-state index contributed by atoms with van der Waals surface area (Å²) >= 11 is 1.55. The van der Waals surface area contributed by atoms with Crippen molar-refractivity contribution in [1.82, 2.24) is 9.88 Å². The predicted octanol–water partition coefficient (Wildman–Crippen LogP) is 2.30. The van der Waals surface area contributed by atoms with Crippen LogP contribution in [-0.2, 0) is 4.79 Å². The maximum Gasteiger partial charge on any atom is 0.234 e. The number of hydrogen-bond acceptors (Lipinski definition) is 6. The fourth-order valence-corrected chi connectivity index (χ4v) is 3.44. The lowest BCUT2D eigenvalue weighted by atomic mass is 10.3. The summed E-state index contributed by atoms with van der Waals surface area (Å²) in [6, 6.07) is 12.0. The van der Waals surface area contributed by atoms with Gasteiger partial charge in [0.05, 0.1) is 5.75 Å². The van der Waals surface area contributed by atoms with Gasteiger partial charge in [-0.15, -0.1) is 11.8 Å². The number of piperazine rings is 1. The number of aromatic nitrogens is 1. The van der Waals surface area contributed by atoms with Crippen LogP contribution in [0, 0.1) is 18.3 Å². The van der Waals surface area contributed by atoms with Crippen molar-refractivity contribution >= 4 is 23.6 Å². The van der Waals surface area contributed by atoms with E-state index in [4.69, 9.17) is 9.68 Å². The van der Waals surface area contributed by atoms with Crippen LogP contribution in [0.5, 0.6) is 0 Å². The molecule has 1 saturated heterocycles. The number of anilines is 1. The third kappa shape index (κ3) is 3.71. The van der Waals surface area contributed by atoms with Crippen molar-refractivity contribution < 1.29 is 9.21 Å². The fraction of sp³-hybridized carbons (Fsp3) is 0.353. The number of hydrogen-bond donors (Lipinski definition) is 0. The Balaban J connectivity index is 1.53. The second-order valence-electron chi connectivity index (χ2n) is 5.47. The molecule has 7 heteroatoms. The number of nitriles is 1. The second kappa shape index (κ2) is 7.41. The molecule has 1 aliphatic rings. The van der Waals surface area contributed by atoms with Gasteiger partial charge in [0.2, 0.25) is 17.5 Å². The lowest BCUT2D eigenvalue weighted by molar-refractivity contribution is -0.128. The molecule has 3 rings (SSSR count). The smallest absolute Gasteiger partial charge is 0.234 e. The number of benzene rings is 1. The Kier molecular flexibility index (Phi) is 5.06. The summed E-state index contributed by atoms with van der Waals surface area (Å²) in [5.41, 5.74) is 0.312. The maximum atomic E-state index is 12.3. The summed E-state index contributed by atoms with van der Waals surface area (Å²) in [7, 11) is 0. The Morgan fingerprint density at radius 1 is 1.29 bits per heavy atom. The number of thioether (sulfide) groups is 1. The molecule has 0 saturated carbocycles. The van der Waals surface area contributed by atoms with E-state index in [1.165, 1.54) is 0 Å². The number of carbonyl (C=O) groups excluding carboxylic acids is 1. The average Bonchev–Trinajstić information content (AvgIpc) is 3.01. The van der Waals surface area contributed by atoms with Crippen LogP contribution in [0.4, 0.5) is 5.88 Å². The van der Waals surface area contributed by atoms with E-state index >= 15 is 0 Å². The van der Waals surface area contributed by atoms with Crippen molar-refractivity contribution in [1.29, 1.82) is 5.26 Å². The Morgan fingerprint density at radius 2 is 2.00 bits per heavy atom. The standard InChI is InChI=1S/C17H18N4O2S/c1-13-19-15(11-18)17(23-13)21-9-7-20(8-10-21)16(22)12-24-14-5-3-2-4-6-14/h2-6H,7-10,12H2,1H3. The van der Waals surface area contributed by atoms with E-state index in [0.717, 1.165) is 4.90 Å². The van der Waals surface area contributed by atoms with Crippen LogP contribution in [-0.4, -0.2) is 47.7 Å². The van der Waals surface area contributed by atoms with E-state index in [0.29, 0.717) is 49.4 Å². The normalized spacial score (nSPS) is 14.5. The van der Waals surface area contributed by atoms with Gasteiger partial charge in [-0.3, -0.25) is 4.79 Å². The van der Waals surface area contributed by atoms with Gasteiger partial charge < -0.3 is 14.2 Å². The van der Waals surface area contributed by atoms with Gasteiger partial charge in [0.25, 0.3) is 0 Å². The zero-order valence-corrected chi connectivity index (χ0v) is 14.3. The summed E-state index contributed by atoms with van der Waals surface area (Å²) in [6.45, 7) is 4.26. The van der Waals surface area contributed by atoms with Gasteiger partial charge in [-0.2, -0.15) is 5.26 Å². The van der Waals surface area contributed by atoms with Crippen molar-refractivity contribution in [3.05, 3.63) is 41.9 Å². The molecule has 0 radical (unpaired) electrons. The first-order valence-electron chi connectivity index (χ1n) is 7.75. The first-order valence-corrected chi connectivity index (χ1v) is 8.74. The van der Waals surface area contributed by atoms with E-state index in [9.17, 15) is 4.79 Å². The summed E-state index contributed by atoms with van der Waals surface area (Å²) in [5.74, 6) is 1.58. The zero-order chi connectivity index (χ0) is 16.9. The van der Waals surface area contributed by atoms with E-state index in [1.54, 1.807) is 18.7 Å². The Morgan fingerprint density at radius 3 is 2.67 bits per heavy atom. The molecule has 1 aliphatic heterocycles. The summed E-state index contributed by atoms with van der Waals surface area (Å²) < 4.78 is 5.53. The van der Waals surface area contributed by atoms with E-state index < -0.39 is 0 Å². The first kappa shape index (κ1) is 16.4. The van der Waals surface area contributed by atoms with Gasteiger partial charge in [0, 0.05) is 38.0 Å². The van der Waals surface area contributed by atoms with Crippen molar-refractivity contribution in [2.75, 3.05) is 36.8 Å². The molecular weight excluding hydrogens is 324 g/mol. The zero-order valence-electron chi connectivity index (χ0n) is 13.4. The largest absolute Gasteiger partial charge is 0.424 e. The molecule has 2 heterocycles. The van der Waals surface area contributed by atoms with E-state index in [-0.39, 0.29) is 5.91 Å². The molecule has 2 aromatic rings. The fourth-order valence-electron chi connectivity index (χ4n) is 2.62. The molecule has 0 unspecified atom stereocenters. The number of carbonyl (C=O) groups is 1. The van der Waals surface area contributed by atoms with Gasteiger partial charge in [-0.25, -0.2) is 4.98 Å². The quantitative estimate of drug-likeness (QED) is 0.794. The maximum absolute atomic E-state index is 12.3. The lowest BCUT2D eigenvalue weighted by Gasteiger charge is -2.34. The highest BCUT2D eigenvalue weighted by Gasteiger charge is 2.25. The molecule has 0 aliphatic carbocycles. The Hall–Kier alpha value is -2.46. The van der Waals surface area contributed by atoms with Crippen LogP contribution >= 0.6 is 11.8 Å². The minimum Gasteiger partial charge on any atom is -0.424 e. The predicted molar refractivity (Wildman–Crippen MR) is 91.9 cm³/mol. The molecule has 0 bridgehead atoms. The lowest BCUT2D eigenvalue weighted by Crippen LogP contribution is -2.49. The molecule has 0 spiro atoms. The molecule has 6 nitrogen and oxygen atoms in total. The van der Waals surface area contributed by atoms with Crippen molar-refractivity contribution in [2.45, 2.75) is 11.8 Å². The molecular formula is C17H18N4O2S. The highest BCUT2D eigenvalue weighted by molar-refractivity contribution is 8.00. The number of aryl methyl sites for hydroxylation is 1. The first-order chi connectivity index (χ1) is 11.7. The van der Waals surface area contributed by atoms with E-state index in [1.807, 2.05) is 40.1 Å². The summed E-state index contributed by atoms with van der Waals surface area (Å²) in [4.78, 5) is 21.3. The van der Waals surface area contributed by atoms with Crippen LogP contribution in [0.3, 0.4) is 0 Å². The third-order valence-corrected chi connectivity index (χ3v) is 4.84. The van der Waals surface area contributed by atoms with Gasteiger partial charge in [-0.1, -0.05) is 18.2 Å². The monoisotopic (exact) mass is 342 g/mol. The van der Waals surface area contributed by atoms with Crippen LogP contribution < -0.4 is 4.90 Å². The molecule has 1 aromatic heterocycles. The molecule has 0 atom stereocenters. The number of oxazole rings is 1. The van der Waals surface area contributed by atoms with Crippen molar-refractivity contribution in [3.8, 4) is 6.07 Å². The van der Waals surface area contributed by atoms with Crippen LogP contribution in [0.1, 0.15) is 11.6 Å². The highest BCUT2D eigenvalue weighted by atomic mass is 32.2.